The second-order valence-corrected chi connectivity index (χ2v) is 7.46. The van der Waals surface area contributed by atoms with Gasteiger partial charge < -0.3 is 9.57 Å². The Hall–Kier alpha value is -1.63. The molecule has 1 saturated heterocycles. The Morgan fingerprint density at radius 2 is 1.77 bits per heavy atom. The summed E-state index contributed by atoms with van der Waals surface area (Å²) in [4.78, 5) is 42.3. The van der Waals surface area contributed by atoms with Crippen LogP contribution in [0.4, 0.5) is 4.79 Å². The number of ether oxygens (including phenoxy) is 1. The summed E-state index contributed by atoms with van der Waals surface area (Å²) in [5, 5.41) is 0. The molecule has 1 N–H and O–H groups in total. The van der Waals surface area contributed by atoms with Gasteiger partial charge in [-0.05, 0) is 41.5 Å². The zero-order chi connectivity index (χ0) is 17.1. The van der Waals surface area contributed by atoms with E-state index in [9.17, 15) is 14.4 Å². The maximum Gasteiger partial charge on any atom is 0.411 e. The molecule has 0 radical (unpaired) electrons. The summed E-state index contributed by atoms with van der Waals surface area (Å²) in [5.41, 5.74) is 1.51. The fourth-order valence-corrected chi connectivity index (χ4v) is 1.85. The number of ketones is 1. The van der Waals surface area contributed by atoms with E-state index in [4.69, 9.17) is 9.57 Å². The summed E-state index contributed by atoms with van der Waals surface area (Å²) >= 11 is 0. The predicted octanol–water partition coefficient (Wildman–Crippen LogP) is 1.80. The number of amides is 1. The van der Waals surface area contributed by atoms with Crippen molar-refractivity contribution in [3.63, 3.8) is 0 Å². The van der Waals surface area contributed by atoms with Crippen LogP contribution in [0.1, 0.15) is 54.4 Å². The minimum absolute atomic E-state index is 0.0517. The highest BCUT2D eigenvalue weighted by molar-refractivity contribution is 5.91. The first-order chi connectivity index (χ1) is 9.89. The van der Waals surface area contributed by atoms with Gasteiger partial charge in [-0.1, -0.05) is 0 Å². The van der Waals surface area contributed by atoms with E-state index in [0.717, 1.165) is 0 Å². The molecule has 1 fully saturated rings. The summed E-state index contributed by atoms with van der Waals surface area (Å²) in [5.74, 6) is -0.730. The van der Waals surface area contributed by atoms with Gasteiger partial charge in [0.15, 0.2) is 0 Å². The molecule has 1 rings (SSSR count). The van der Waals surface area contributed by atoms with Crippen LogP contribution in [0.2, 0.25) is 0 Å². The third-order valence-electron chi connectivity index (χ3n) is 2.79. The van der Waals surface area contributed by atoms with E-state index in [1.807, 2.05) is 20.8 Å². The minimum Gasteiger partial charge on any atom is -0.444 e. The van der Waals surface area contributed by atoms with Crippen LogP contribution < -0.4 is 5.48 Å². The summed E-state index contributed by atoms with van der Waals surface area (Å²) in [6, 6.07) is -0.953. The van der Waals surface area contributed by atoms with Gasteiger partial charge in [0.1, 0.15) is 17.4 Å². The van der Waals surface area contributed by atoms with Crippen molar-refractivity contribution < 1.29 is 24.0 Å². The van der Waals surface area contributed by atoms with E-state index in [1.54, 1.807) is 20.8 Å². The topological polar surface area (TPSA) is 84.9 Å². The van der Waals surface area contributed by atoms with Crippen molar-refractivity contribution in [2.24, 2.45) is 0 Å². The Kier molecular flexibility index (Phi) is 5.56. The van der Waals surface area contributed by atoms with Crippen molar-refractivity contribution in [3.05, 3.63) is 0 Å². The van der Waals surface area contributed by atoms with Gasteiger partial charge in [-0.2, -0.15) is 0 Å². The molecule has 1 amide bonds. The largest absolute Gasteiger partial charge is 0.444 e. The van der Waals surface area contributed by atoms with Gasteiger partial charge in [0.2, 0.25) is 0 Å². The summed E-state index contributed by atoms with van der Waals surface area (Å²) in [7, 11) is 0. The molecule has 0 aromatic rings. The molecule has 0 aromatic heterocycles. The molecule has 126 valence electrons. The van der Waals surface area contributed by atoms with Crippen molar-refractivity contribution in [1.82, 2.24) is 10.4 Å². The van der Waals surface area contributed by atoms with Crippen molar-refractivity contribution in [1.29, 1.82) is 0 Å². The molecule has 0 saturated carbocycles. The van der Waals surface area contributed by atoms with Crippen LogP contribution >= 0.6 is 0 Å². The number of hydrogen-bond donors (Lipinski definition) is 1. The molecule has 1 aliphatic rings. The van der Waals surface area contributed by atoms with Gasteiger partial charge in [-0.15, -0.1) is 5.48 Å². The molecule has 0 bridgehead atoms. The number of nitrogens with zero attached hydrogens (tertiary/aromatic N) is 1. The van der Waals surface area contributed by atoms with Gasteiger partial charge in [-0.3, -0.25) is 9.69 Å². The molecule has 0 unspecified atom stereocenters. The normalized spacial score (nSPS) is 19.8. The molecular weight excluding hydrogens is 288 g/mol. The number of hydroxylamine groups is 1. The van der Waals surface area contributed by atoms with Crippen molar-refractivity contribution in [2.45, 2.75) is 71.6 Å². The predicted molar refractivity (Wildman–Crippen MR) is 79.9 cm³/mol. The van der Waals surface area contributed by atoms with Crippen LogP contribution in [0, 0.1) is 0 Å². The average Bonchev–Trinajstić information content (AvgIpc) is 2.32. The number of likely N-dealkylation sites (tertiary alicyclic amines) is 1. The lowest BCUT2D eigenvalue weighted by Crippen LogP contribution is -2.53. The standard InChI is InChI=1S/C15H26N2O5/c1-14(2,3)16-22-12(19)11-9-10(18)7-8-17(11)13(20)21-15(4,5)6/h11,16H,7-9H2,1-6H3/t11-/m0/s1. The lowest BCUT2D eigenvalue weighted by Gasteiger charge is -2.35. The number of piperidine rings is 1. The maximum absolute atomic E-state index is 12.2. The number of nitrogens with one attached hydrogen (secondary N) is 1. The first-order valence-corrected chi connectivity index (χ1v) is 7.38. The molecule has 1 heterocycles. The van der Waals surface area contributed by atoms with Crippen LogP contribution in [0.15, 0.2) is 0 Å². The maximum atomic E-state index is 12.2. The van der Waals surface area contributed by atoms with E-state index >= 15 is 0 Å². The molecule has 1 aliphatic heterocycles. The molecule has 0 aliphatic carbocycles. The Morgan fingerprint density at radius 1 is 1.18 bits per heavy atom. The van der Waals surface area contributed by atoms with E-state index in [-0.39, 0.29) is 25.2 Å². The minimum atomic E-state index is -0.953. The van der Waals surface area contributed by atoms with Crippen LogP contribution in [0.5, 0.6) is 0 Å². The molecule has 22 heavy (non-hydrogen) atoms. The zero-order valence-electron chi connectivity index (χ0n) is 14.2. The highest BCUT2D eigenvalue weighted by Gasteiger charge is 2.39. The molecule has 0 aromatic carbocycles. The Balaban J connectivity index is 2.79. The van der Waals surface area contributed by atoms with Crippen LogP contribution in [-0.4, -0.2) is 46.5 Å². The molecular formula is C15H26N2O5. The van der Waals surface area contributed by atoms with E-state index < -0.39 is 29.2 Å². The third-order valence-corrected chi connectivity index (χ3v) is 2.79. The smallest absolute Gasteiger partial charge is 0.411 e. The Bertz CT molecular complexity index is 448. The highest BCUT2D eigenvalue weighted by Crippen LogP contribution is 2.19. The van der Waals surface area contributed by atoms with Crippen molar-refractivity contribution in [2.75, 3.05) is 6.54 Å². The lowest BCUT2D eigenvalue weighted by molar-refractivity contribution is -0.164. The van der Waals surface area contributed by atoms with E-state index in [0.29, 0.717) is 0 Å². The first-order valence-electron chi connectivity index (χ1n) is 7.38. The van der Waals surface area contributed by atoms with E-state index in [2.05, 4.69) is 5.48 Å². The number of carbonyl (C=O) groups excluding carboxylic acids is 3. The number of hydrogen-bond acceptors (Lipinski definition) is 6. The average molecular weight is 314 g/mol. The second-order valence-electron chi connectivity index (χ2n) is 7.46. The second kappa shape index (κ2) is 6.64. The molecule has 7 nitrogen and oxygen atoms in total. The van der Waals surface area contributed by atoms with Crippen LogP contribution in [0.3, 0.4) is 0 Å². The fourth-order valence-electron chi connectivity index (χ4n) is 1.85. The quantitative estimate of drug-likeness (QED) is 0.782. The number of rotatable bonds is 2. The number of Topliss-reactive ketones (excluding diaryl/α,β-unsaturated/α-hetero) is 1. The van der Waals surface area contributed by atoms with Gasteiger partial charge in [0, 0.05) is 24.9 Å². The summed E-state index contributed by atoms with van der Waals surface area (Å²) in [6.07, 6.45) is -0.447. The van der Waals surface area contributed by atoms with Gasteiger partial charge in [0.25, 0.3) is 0 Å². The number of carbonyl (C=O) groups is 3. The molecule has 7 heteroatoms. The molecule has 1 atom stereocenters. The van der Waals surface area contributed by atoms with Crippen LogP contribution in [0.25, 0.3) is 0 Å². The summed E-state index contributed by atoms with van der Waals surface area (Å²) in [6.45, 7) is 10.9. The summed E-state index contributed by atoms with van der Waals surface area (Å²) < 4.78 is 5.29. The molecule has 0 spiro atoms. The Labute approximate surface area is 131 Å². The van der Waals surface area contributed by atoms with E-state index in [1.165, 1.54) is 4.90 Å². The van der Waals surface area contributed by atoms with Crippen molar-refractivity contribution in [3.8, 4) is 0 Å². The SMILES string of the molecule is CC(C)(C)NOC(=O)[C@@H]1CC(=O)CCN1C(=O)OC(C)(C)C. The lowest BCUT2D eigenvalue weighted by atomic mass is 10.0. The monoisotopic (exact) mass is 314 g/mol. The van der Waals surface area contributed by atoms with Gasteiger partial charge in [0.05, 0.1) is 0 Å². The van der Waals surface area contributed by atoms with Gasteiger partial charge >= 0.3 is 12.1 Å². The van der Waals surface area contributed by atoms with Crippen LogP contribution in [-0.2, 0) is 19.2 Å². The van der Waals surface area contributed by atoms with Gasteiger partial charge in [-0.25, -0.2) is 9.59 Å². The van der Waals surface area contributed by atoms with Crippen molar-refractivity contribution >= 4 is 17.8 Å². The Morgan fingerprint density at radius 3 is 2.27 bits per heavy atom. The zero-order valence-corrected chi connectivity index (χ0v) is 14.2. The highest BCUT2D eigenvalue weighted by atomic mass is 16.7. The first kappa shape index (κ1) is 18.4. The third kappa shape index (κ3) is 6.01. The fraction of sp³-hybridized carbons (Fsp3) is 0.800.